The monoisotopic (exact) mass is 1850 g/mol. The number of aromatic nitrogens is 15. The predicted molar refractivity (Wildman–Crippen MR) is 483 cm³/mol. The van der Waals surface area contributed by atoms with E-state index in [1.165, 1.54) is 58.0 Å². The van der Waals surface area contributed by atoms with Crippen LogP contribution in [0.4, 0.5) is 28.1 Å². The quantitative estimate of drug-likeness (QED) is 0.00634. The Labute approximate surface area is 756 Å². The summed E-state index contributed by atoms with van der Waals surface area (Å²) in [7, 11) is -6.83. The fraction of sp³-hybridized carbons (Fsp3) is 0.178. The number of carboxylic acid groups (broad SMARTS) is 2. The maximum absolute atomic E-state index is 13.3. The Balaban J connectivity index is 0.000000187. The van der Waals surface area contributed by atoms with Crippen LogP contribution in [0.2, 0.25) is 0 Å². The maximum atomic E-state index is 13.3. The molecule has 0 saturated carbocycles. The van der Waals surface area contributed by atoms with Crippen molar-refractivity contribution in [2.45, 2.75) is 93.4 Å². The number of nitrogen functional groups attached to an aromatic ring is 1. The van der Waals surface area contributed by atoms with Gasteiger partial charge in [-0.1, -0.05) is 91.4 Å². The number of Topliss-reactive ketones (excluding diaryl/α,β-unsaturated/α-hetero) is 1. The number of ketones is 1. The summed E-state index contributed by atoms with van der Waals surface area (Å²) in [5.41, 5.74) is 10.1. The summed E-state index contributed by atoms with van der Waals surface area (Å²) in [6, 6.07) is 36.8. The van der Waals surface area contributed by atoms with Gasteiger partial charge in [-0.3, -0.25) is 53.6 Å². The Bertz CT molecular complexity index is 8000. The second-order valence-corrected chi connectivity index (χ2v) is 34.5. The Morgan fingerprint density at radius 1 is 0.602 bits per heavy atom. The third kappa shape index (κ3) is 19.0. The Kier molecular flexibility index (Phi) is 24.4. The topological polar surface area (TPSA) is 574 Å². The fourth-order valence-corrected chi connectivity index (χ4v) is 17.5. The van der Waals surface area contributed by atoms with Crippen molar-refractivity contribution in [2.75, 3.05) is 28.2 Å². The van der Waals surface area contributed by atoms with E-state index < -0.39 is 81.9 Å². The molecule has 674 valence electrons. The number of aromatic carboxylic acids is 2. The van der Waals surface area contributed by atoms with Crippen LogP contribution in [0.3, 0.4) is 0 Å². The molecule has 15 aromatic rings. The predicted octanol–water partition coefficient (Wildman–Crippen LogP) is 10.9. The van der Waals surface area contributed by atoms with Crippen LogP contribution in [0.1, 0.15) is 117 Å². The van der Waals surface area contributed by atoms with Crippen LogP contribution >= 0.6 is 12.2 Å². The number of nitrogens with two attached hydrogens (primary N) is 1. The fourth-order valence-electron chi connectivity index (χ4n) is 15.7. The standard InChI is InChI=1S/C46H36N8O7S.C44H41N13O12S2/c1-25-8-15-33-38(19-25)61-39-23-30(56)14-17-34(39)40(33)32-16-11-27(22-35(32)44(57)58)21-31(62)6-3-5-29(55)20-26-9-12-28(13-10-26)47-46(59)50-45-49-41-36(24-53(2)51-41)43-48-42(52-54(43)45)37-7-4-18-60-37;1-55-22-29-39(52-55)50-44(57-41(29)49-40(53-57)32-9-7-19-68-32)48-33(58)10-6-8-24-21-56(54-51-24)18-5-3-2-4-17-47-42(59)23-11-12-25(28(20-23)43(60)61)34-26-13-15-30(45)37(70(62,63)64)35(26)69-36-27(34)14-16-31(46)38(36)71(65,66)67/h4,7-19,22-24,56H,1,3,5-6,20-21H2,2H3,(H,57,58)(H2,47,49,50,51,59);7,9,11-16,19-22,45H,2-6,8,10,17-18,46H2,1H3,(H,47,59)(H,60,61)(H,62,63,64)(H,65,66,67)(H,48,50,52,58)/p-1. The zero-order chi connectivity index (χ0) is 93.4. The van der Waals surface area contributed by atoms with Crippen LogP contribution in [-0.4, -0.2) is 157 Å². The zero-order valence-corrected chi connectivity index (χ0v) is 72.7. The summed E-state index contributed by atoms with van der Waals surface area (Å²) < 4.78 is 101. The van der Waals surface area contributed by atoms with Gasteiger partial charge in [0.05, 0.1) is 51.2 Å². The summed E-state index contributed by atoms with van der Waals surface area (Å²) in [4.78, 5) is 94.7. The molecule has 6 aromatic carbocycles. The summed E-state index contributed by atoms with van der Waals surface area (Å²) in [5.74, 6) is -1.70. The summed E-state index contributed by atoms with van der Waals surface area (Å²) in [6.07, 6.45) is 14.4. The van der Waals surface area contributed by atoms with Crippen LogP contribution in [0.25, 0.3) is 102 Å². The minimum atomic E-state index is -5.20. The van der Waals surface area contributed by atoms with Crippen LogP contribution in [0, 0.1) is 5.41 Å². The molecule has 1 aliphatic carbocycles. The third-order valence-electron chi connectivity index (χ3n) is 21.7. The lowest BCUT2D eigenvalue weighted by molar-refractivity contribution is -0.268. The number of aryl methyl sites for hydroxylation is 4. The van der Waals surface area contributed by atoms with E-state index >= 15 is 0 Å². The molecule has 133 heavy (non-hydrogen) atoms. The molecule has 43 heteroatoms. The number of amides is 4. The van der Waals surface area contributed by atoms with Crippen LogP contribution in [0.5, 0.6) is 17.2 Å². The number of carbonyl (C=O) groups excluding carboxylic acids is 4. The van der Waals surface area contributed by atoms with Crippen LogP contribution < -0.4 is 52.6 Å². The highest BCUT2D eigenvalue weighted by Gasteiger charge is 2.34. The Morgan fingerprint density at radius 3 is 1.90 bits per heavy atom. The highest BCUT2D eigenvalue weighted by atomic mass is 32.2. The average molecular weight is 1850 g/mol. The van der Waals surface area contributed by atoms with Crippen molar-refractivity contribution in [1.29, 1.82) is 5.41 Å². The number of hydrogen-bond acceptors (Lipinski definition) is 28. The van der Waals surface area contributed by atoms with Gasteiger partial charge in [-0.15, -0.1) is 21.0 Å². The van der Waals surface area contributed by atoms with E-state index in [1.54, 1.807) is 113 Å². The number of thiocarbonyl (C=S) groups is 1. The number of hydrogen-bond donors (Lipinski definition) is 10. The smallest absolute Gasteiger partial charge is 0.336 e. The van der Waals surface area contributed by atoms with Crippen molar-refractivity contribution in [1.82, 2.24) is 79.0 Å². The summed E-state index contributed by atoms with van der Waals surface area (Å²) in [5, 5.41) is 80.3. The lowest BCUT2D eigenvalue weighted by Gasteiger charge is -2.23. The molecule has 18 rings (SSSR count). The number of furan rings is 2. The van der Waals surface area contributed by atoms with Crippen molar-refractivity contribution in [3.05, 3.63) is 237 Å². The highest BCUT2D eigenvalue weighted by Crippen LogP contribution is 2.47. The lowest BCUT2D eigenvalue weighted by Crippen LogP contribution is -2.24. The first-order chi connectivity index (χ1) is 63.8. The first-order valence-corrected chi connectivity index (χ1v) is 44.4. The summed E-state index contributed by atoms with van der Waals surface area (Å²) >= 11 is 5.69. The van der Waals surface area contributed by atoms with Gasteiger partial charge in [0.15, 0.2) is 55.2 Å². The van der Waals surface area contributed by atoms with Gasteiger partial charge < -0.3 is 49.7 Å². The Hall–Kier alpha value is -16.4. The van der Waals surface area contributed by atoms with E-state index in [4.69, 9.17) is 41.3 Å². The molecule has 40 nitrogen and oxygen atoms in total. The van der Waals surface area contributed by atoms with Crippen molar-refractivity contribution in [2.24, 2.45) is 14.1 Å². The number of benzene rings is 7. The molecule has 11 heterocycles. The third-order valence-corrected chi connectivity index (χ3v) is 23.9. The van der Waals surface area contributed by atoms with Gasteiger partial charge in [-0.25, -0.2) is 24.4 Å². The van der Waals surface area contributed by atoms with Gasteiger partial charge in [0.2, 0.25) is 29.5 Å². The second kappa shape index (κ2) is 36.6. The molecule has 0 saturated heterocycles. The number of anilines is 4. The van der Waals surface area contributed by atoms with Crippen molar-refractivity contribution >= 4 is 153 Å². The molecule has 11 N–H and O–H groups in total. The summed E-state index contributed by atoms with van der Waals surface area (Å²) in [6.45, 7) is 4.82. The molecule has 4 amide bonds. The van der Waals surface area contributed by atoms with Crippen molar-refractivity contribution < 1.29 is 88.0 Å². The first-order valence-electron chi connectivity index (χ1n) is 41.1. The molecule has 0 spiro atoms. The van der Waals surface area contributed by atoms with E-state index in [1.807, 2.05) is 24.4 Å². The van der Waals surface area contributed by atoms with E-state index in [2.05, 4.69) is 78.5 Å². The number of ether oxygens (including phenoxy) is 1. The zero-order valence-electron chi connectivity index (χ0n) is 70.3. The molecular formula is C90H76N21O19S3-. The van der Waals surface area contributed by atoms with Crippen LogP contribution in [0.15, 0.2) is 200 Å². The molecule has 2 aliphatic heterocycles. The van der Waals surface area contributed by atoms with E-state index in [0.29, 0.717) is 157 Å². The minimum absolute atomic E-state index is 0.0363. The van der Waals surface area contributed by atoms with E-state index in [9.17, 15) is 70.0 Å². The molecular weight excluding hydrogens is 1780 g/mol. The van der Waals surface area contributed by atoms with Gasteiger partial charge in [0, 0.05) is 116 Å². The average Bonchev–Trinajstić information content (AvgIpc) is 1.63. The first kappa shape index (κ1) is 88.6. The number of rotatable bonds is 31. The number of fused-ring (bicyclic) bond motifs is 10. The molecule has 3 aliphatic rings. The number of urea groups is 1. The number of carbonyl (C=O) groups is 6. The molecule has 0 fully saturated rings. The number of unbranched alkanes of at least 4 members (excludes halogenated alkanes) is 3. The van der Waals surface area contributed by atoms with Gasteiger partial charge in [0.1, 0.15) is 17.3 Å². The maximum Gasteiger partial charge on any atom is 0.336 e. The SMILES string of the molecule is C=c1ccc2c(c1)Oc1cc([O-])ccc1C=2c1ccc(CC(=S)CCCC(=O)Cc2ccc(NC(=O)Nc3nc4nn(C)cc4c4nc(-c5ccco5)nn34)cc2)cc1C(=O)O.Cn1cc2c(nc(NC(=O)CCCc3cn(CCCCCCNC(=O)c4ccc(-c5c6ccc(=N)c(S(=O)(=O)O)c-6oc6c(S(=O)(=O)O)c(N)ccc56)c(C(=O)O)c4)nn3)n3nc(-c4ccco4)nc23)n1. The van der Waals surface area contributed by atoms with Gasteiger partial charge in [0.25, 0.3) is 26.1 Å². The number of nitrogens with zero attached hydrogens (tertiary/aromatic N) is 15. The van der Waals surface area contributed by atoms with Gasteiger partial charge >= 0.3 is 18.0 Å². The van der Waals surface area contributed by atoms with Crippen molar-refractivity contribution in [3.63, 3.8) is 0 Å². The molecule has 9 aromatic heterocycles. The molecule has 0 unspecified atom stereocenters. The largest absolute Gasteiger partial charge is 0.872 e. The molecule has 0 radical (unpaired) electrons. The van der Waals surface area contributed by atoms with E-state index in [0.717, 1.165) is 54.3 Å². The minimum Gasteiger partial charge on any atom is -0.872 e. The molecule has 0 atom stereocenters. The van der Waals surface area contributed by atoms with Crippen LogP contribution in [-0.2, 0) is 69.7 Å². The Morgan fingerprint density at radius 2 is 1.24 bits per heavy atom. The number of carboxylic acids is 2. The molecule has 0 bridgehead atoms. The van der Waals surface area contributed by atoms with Crippen molar-refractivity contribution in [3.8, 4) is 62.9 Å². The second-order valence-electron chi connectivity index (χ2n) is 31.2. The van der Waals surface area contributed by atoms with Gasteiger partial charge in [-0.05, 0) is 162 Å². The normalized spacial score (nSPS) is 12.0. The lowest BCUT2D eigenvalue weighted by atomic mass is 9.88. The van der Waals surface area contributed by atoms with Gasteiger partial charge in [-0.2, -0.15) is 46.0 Å². The number of nitrogens with one attached hydrogen (secondary N) is 5. The highest BCUT2D eigenvalue weighted by molar-refractivity contribution is 7.86. The van der Waals surface area contributed by atoms with E-state index in [-0.39, 0.29) is 81.9 Å².